The van der Waals surface area contributed by atoms with E-state index < -0.39 is 10.0 Å². The van der Waals surface area contributed by atoms with Crippen LogP contribution >= 0.6 is 0 Å². The zero-order chi connectivity index (χ0) is 22.2. The molecule has 1 amide bonds. The Balaban J connectivity index is 1.83. The summed E-state index contributed by atoms with van der Waals surface area (Å²) in [5, 5.41) is 3.06. The monoisotopic (exact) mass is 428 g/mol. The third kappa shape index (κ3) is 4.44. The van der Waals surface area contributed by atoms with Crippen LogP contribution in [0.15, 0.2) is 29.2 Å². The molecule has 1 heterocycles. The van der Waals surface area contributed by atoms with Crippen molar-refractivity contribution >= 4 is 21.6 Å². The average Bonchev–Trinajstić information content (AvgIpc) is 2.63. The zero-order valence-corrected chi connectivity index (χ0v) is 19.6. The highest BCUT2D eigenvalue weighted by atomic mass is 32.2. The van der Waals surface area contributed by atoms with Crippen LogP contribution in [0, 0.1) is 47.5 Å². The van der Waals surface area contributed by atoms with Crippen molar-refractivity contribution in [3.8, 4) is 0 Å². The predicted molar refractivity (Wildman–Crippen MR) is 121 cm³/mol. The Kier molecular flexibility index (Phi) is 6.39. The first-order valence-corrected chi connectivity index (χ1v) is 11.9. The fourth-order valence-electron chi connectivity index (χ4n) is 4.68. The summed E-state index contributed by atoms with van der Waals surface area (Å²) in [5.74, 6) is -0.470. The van der Waals surface area contributed by atoms with Crippen LogP contribution in [0.3, 0.4) is 0 Å². The van der Waals surface area contributed by atoms with Crippen molar-refractivity contribution in [1.29, 1.82) is 0 Å². The van der Waals surface area contributed by atoms with Crippen LogP contribution in [0.5, 0.6) is 0 Å². The maximum absolute atomic E-state index is 13.4. The predicted octanol–water partition coefficient (Wildman–Crippen LogP) is 4.58. The highest BCUT2D eigenvalue weighted by molar-refractivity contribution is 7.89. The third-order valence-electron chi connectivity index (χ3n) is 5.88. The molecule has 0 bridgehead atoms. The van der Waals surface area contributed by atoms with Gasteiger partial charge < -0.3 is 5.32 Å². The van der Waals surface area contributed by atoms with Crippen LogP contribution in [0.4, 0.5) is 5.69 Å². The van der Waals surface area contributed by atoms with E-state index in [1.54, 1.807) is 0 Å². The quantitative estimate of drug-likeness (QED) is 0.775. The van der Waals surface area contributed by atoms with Gasteiger partial charge in [0.2, 0.25) is 15.9 Å². The first kappa shape index (κ1) is 22.5. The van der Waals surface area contributed by atoms with E-state index in [0.29, 0.717) is 24.3 Å². The van der Waals surface area contributed by atoms with Crippen molar-refractivity contribution in [2.24, 2.45) is 5.92 Å². The number of hydrogen-bond donors (Lipinski definition) is 1. The first-order chi connectivity index (χ1) is 14.0. The van der Waals surface area contributed by atoms with Crippen molar-refractivity contribution < 1.29 is 13.2 Å². The molecule has 3 rings (SSSR count). The van der Waals surface area contributed by atoms with Gasteiger partial charge in [-0.05, 0) is 76.6 Å². The molecule has 1 saturated heterocycles. The molecule has 0 aromatic heterocycles. The van der Waals surface area contributed by atoms with Crippen molar-refractivity contribution in [3.05, 3.63) is 57.6 Å². The number of rotatable bonds is 4. The van der Waals surface area contributed by atoms with Gasteiger partial charge in [0.1, 0.15) is 0 Å². The van der Waals surface area contributed by atoms with Gasteiger partial charge in [-0.3, -0.25) is 4.79 Å². The summed E-state index contributed by atoms with van der Waals surface area (Å²) >= 11 is 0. The highest BCUT2D eigenvalue weighted by Crippen LogP contribution is 2.30. The number of benzene rings is 2. The third-order valence-corrected chi connectivity index (χ3v) is 8.05. The summed E-state index contributed by atoms with van der Waals surface area (Å²) in [4.78, 5) is 13.4. The number of carbonyl (C=O) groups is 1. The second kappa shape index (κ2) is 8.52. The smallest absolute Gasteiger partial charge is 0.243 e. The molecule has 2 aromatic rings. The number of aryl methyl sites for hydroxylation is 6. The van der Waals surface area contributed by atoms with Gasteiger partial charge in [0.15, 0.2) is 0 Å². The van der Waals surface area contributed by atoms with Crippen molar-refractivity contribution in [2.45, 2.75) is 59.3 Å². The van der Waals surface area contributed by atoms with Crippen LogP contribution in [-0.2, 0) is 14.8 Å². The molecule has 162 valence electrons. The molecule has 0 aliphatic carbocycles. The lowest BCUT2D eigenvalue weighted by Crippen LogP contribution is -2.44. The second-order valence-corrected chi connectivity index (χ2v) is 10.6. The van der Waals surface area contributed by atoms with E-state index in [1.807, 2.05) is 65.8 Å². The molecule has 2 aromatic carbocycles. The number of nitrogens with zero attached hydrogens (tertiary/aromatic N) is 1. The molecule has 0 spiro atoms. The Bertz CT molecular complexity index is 1040. The maximum Gasteiger partial charge on any atom is 0.243 e. The van der Waals surface area contributed by atoms with Gasteiger partial charge >= 0.3 is 0 Å². The lowest BCUT2D eigenvalue weighted by Gasteiger charge is -2.32. The van der Waals surface area contributed by atoms with Crippen LogP contribution in [0.25, 0.3) is 0 Å². The van der Waals surface area contributed by atoms with Gasteiger partial charge in [-0.25, -0.2) is 8.42 Å². The lowest BCUT2D eigenvalue weighted by molar-refractivity contribution is -0.120. The molecule has 1 fully saturated rings. The standard InChI is InChI=1S/C24H32N2O3S/c1-15-10-17(3)22(18(4)11-15)25-24(27)21-8-7-9-26(14-21)30(28,29)23-19(5)12-16(2)13-20(23)6/h10-13,21H,7-9,14H2,1-6H3,(H,25,27)/t21-/m1/s1. The second-order valence-electron chi connectivity index (χ2n) is 8.69. The van der Waals surface area contributed by atoms with Crippen LogP contribution in [0.1, 0.15) is 46.2 Å². The summed E-state index contributed by atoms with van der Waals surface area (Å²) in [5.41, 5.74) is 6.58. The van der Waals surface area contributed by atoms with E-state index in [-0.39, 0.29) is 18.4 Å². The molecule has 5 nitrogen and oxygen atoms in total. The molecular weight excluding hydrogens is 396 g/mol. The summed E-state index contributed by atoms with van der Waals surface area (Å²) in [6, 6.07) is 7.89. The highest BCUT2D eigenvalue weighted by Gasteiger charge is 2.35. The van der Waals surface area contributed by atoms with Gasteiger partial charge in [0.25, 0.3) is 0 Å². The van der Waals surface area contributed by atoms with Crippen LogP contribution in [-0.4, -0.2) is 31.7 Å². The molecule has 0 radical (unpaired) electrons. The topological polar surface area (TPSA) is 66.5 Å². The van der Waals surface area contributed by atoms with Crippen molar-refractivity contribution in [3.63, 3.8) is 0 Å². The molecular formula is C24H32N2O3S. The Morgan fingerprint density at radius 1 is 0.900 bits per heavy atom. The SMILES string of the molecule is Cc1cc(C)c(NC(=O)[C@@H]2CCCN(S(=O)(=O)c3c(C)cc(C)cc3C)C2)c(C)c1. The van der Waals surface area contributed by atoms with Crippen molar-refractivity contribution in [1.82, 2.24) is 4.31 Å². The van der Waals surface area contributed by atoms with Crippen molar-refractivity contribution in [2.75, 3.05) is 18.4 Å². The zero-order valence-electron chi connectivity index (χ0n) is 18.8. The average molecular weight is 429 g/mol. The molecule has 1 atom stereocenters. The van der Waals surface area contributed by atoms with Crippen LogP contribution < -0.4 is 5.32 Å². The minimum atomic E-state index is -3.65. The number of sulfonamides is 1. The normalized spacial score (nSPS) is 17.7. The van der Waals surface area contributed by atoms with Gasteiger partial charge in [-0.1, -0.05) is 35.4 Å². The van der Waals surface area contributed by atoms with Gasteiger partial charge in [0, 0.05) is 18.8 Å². The number of amides is 1. The minimum Gasteiger partial charge on any atom is -0.325 e. The minimum absolute atomic E-state index is 0.109. The van der Waals surface area contributed by atoms with E-state index in [1.165, 1.54) is 4.31 Å². The molecule has 1 aliphatic heterocycles. The molecule has 0 saturated carbocycles. The summed E-state index contributed by atoms with van der Waals surface area (Å²) in [7, 11) is -3.65. The summed E-state index contributed by atoms with van der Waals surface area (Å²) in [6.45, 7) is 12.3. The van der Waals surface area contributed by atoms with E-state index in [2.05, 4.69) is 5.32 Å². The Morgan fingerprint density at radius 2 is 1.40 bits per heavy atom. The van der Waals surface area contributed by atoms with Gasteiger partial charge in [-0.2, -0.15) is 4.31 Å². The first-order valence-electron chi connectivity index (χ1n) is 10.5. The van der Waals surface area contributed by atoms with Gasteiger partial charge in [-0.15, -0.1) is 0 Å². The number of anilines is 1. The lowest BCUT2D eigenvalue weighted by atomic mass is 9.98. The fourth-order valence-corrected chi connectivity index (χ4v) is 6.62. The summed E-state index contributed by atoms with van der Waals surface area (Å²) < 4.78 is 28.3. The maximum atomic E-state index is 13.4. The number of nitrogens with one attached hydrogen (secondary N) is 1. The van der Waals surface area contributed by atoms with E-state index in [9.17, 15) is 13.2 Å². The fraction of sp³-hybridized carbons (Fsp3) is 0.458. The molecule has 0 unspecified atom stereocenters. The molecule has 1 N–H and O–H groups in total. The molecule has 1 aliphatic rings. The molecule has 30 heavy (non-hydrogen) atoms. The van der Waals surface area contributed by atoms with E-state index in [4.69, 9.17) is 0 Å². The Hall–Kier alpha value is -2.18. The Morgan fingerprint density at radius 3 is 1.93 bits per heavy atom. The van der Waals surface area contributed by atoms with Crippen LogP contribution in [0.2, 0.25) is 0 Å². The number of piperidine rings is 1. The largest absolute Gasteiger partial charge is 0.325 e. The van der Waals surface area contributed by atoms with E-state index in [0.717, 1.165) is 39.1 Å². The van der Waals surface area contributed by atoms with E-state index >= 15 is 0 Å². The summed E-state index contributed by atoms with van der Waals surface area (Å²) in [6.07, 6.45) is 1.36. The number of carbonyl (C=O) groups excluding carboxylic acids is 1. The number of hydrogen-bond acceptors (Lipinski definition) is 3. The Labute approximate surface area is 180 Å². The van der Waals surface area contributed by atoms with Gasteiger partial charge in [0.05, 0.1) is 10.8 Å². The molecule has 6 heteroatoms.